The van der Waals surface area contributed by atoms with Gasteiger partial charge in [0.25, 0.3) is 11.5 Å². The Kier molecular flexibility index (Phi) is 7.40. The predicted octanol–water partition coefficient (Wildman–Crippen LogP) is -0.864. The topological polar surface area (TPSA) is 205 Å². The summed E-state index contributed by atoms with van der Waals surface area (Å²) >= 11 is 3.85. The molecule has 2 heterocycles. The van der Waals surface area contributed by atoms with Crippen molar-refractivity contribution in [3.63, 3.8) is 0 Å². The van der Waals surface area contributed by atoms with Crippen LogP contribution in [-0.4, -0.2) is 61.2 Å². The first kappa shape index (κ1) is 23.5. The van der Waals surface area contributed by atoms with Crippen LogP contribution in [0.25, 0.3) is 11.2 Å². The van der Waals surface area contributed by atoms with E-state index in [1.54, 1.807) is 24.3 Å². The molecular weight excluding hydrogens is 452 g/mol. The van der Waals surface area contributed by atoms with Crippen molar-refractivity contribution in [2.45, 2.75) is 12.6 Å². The summed E-state index contributed by atoms with van der Waals surface area (Å²) in [6.07, 6.45) is 1.44. The molecule has 7 N–H and O–H groups in total. The number of nitrogens with zero attached hydrogens (tertiary/aromatic N) is 3. The summed E-state index contributed by atoms with van der Waals surface area (Å²) in [5, 5.41) is 16.7. The van der Waals surface area contributed by atoms with Crippen LogP contribution in [0, 0.1) is 0 Å². The van der Waals surface area contributed by atoms with Crippen molar-refractivity contribution in [1.29, 1.82) is 0 Å². The summed E-state index contributed by atoms with van der Waals surface area (Å²) in [6, 6.07) is 5.29. The second-order valence-corrected chi connectivity index (χ2v) is 7.10. The minimum Gasteiger partial charge on any atom is -0.480 e. The van der Waals surface area contributed by atoms with Crippen LogP contribution in [0.5, 0.6) is 0 Å². The number of rotatable bonds is 9. The Labute approximate surface area is 191 Å². The van der Waals surface area contributed by atoms with Gasteiger partial charge in [-0.05, 0) is 24.3 Å². The van der Waals surface area contributed by atoms with E-state index in [-0.39, 0.29) is 36.0 Å². The number of carboxylic acids is 1. The highest BCUT2D eigenvalue weighted by Gasteiger charge is 2.18. The zero-order chi connectivity index (χ0) is 24.0. The maximum absolute atomic E-state index is 12.2. The maximum Gasteiger partial charge on any atom is 0.327 e. The molecule has 0 fully saturated rings. The fourth-order valence-corrected chi connectivity index (χ4v) is 2.93. The van der Waals surface area contributed by atoms with Gasteiger partial charge in [-0.3, -0.25) is 19.4 Å². The first-order valence-electron chi connectivity index (χ1n) is 9.53. The molecule has 3 aromatic rings. The predicted molar refractivity (Wildman–Crippen MR) is 122 cm³/mol. The molecule has 14 heteroatoms. The largest absolute Gasteiger partial charge is 0.480 e. The van der Waals surface area contributed by atoms with Crippen LogP contribution in [-0.2, 0) is 16.1 Å². The lowest BCUT2D eigenvalue weighted by Gasteiger charge is -2.12. The summed E-state index contributed by atoms with van der Waals surface area (Å²) in [6.45, 7) is -0.0999. The second kappa shape index (κ2) is 10.4. The number of anilines is 2. The first-order chi connectivity index (χ1) is 15.8. The molecule has 13 nitrogen and oxygen atoms in total. The molecule has 2 aromatic heterocycles. The smallest absolute Gasteiger partial charge is 0.327 e. The number of nitrogens with two attached hydrogens (primary N) is 1. The van der Waals surface area contributed by atoms with Crippen molar-refractivity contribution in [2.24, 2.45) is 0 Å². The van der Waals surface area contributed by atoms with Gasteiger partial charge < -0.3 is 26.8 Å². The standard InChI is InChI=1S/C19H20N8O5S/c20-19-26-15-14(17(30)27-19)22-6-11(24-15)5-21-10-3-1-9(2-4-10)16(29)23-7-13(28)25-12(8-33)18(31)32/h1-4,6,12,21,33H,5,7-8H2,(H,23,29)(H,25,28)(H,31,32)(H3,20,24,26,27,30). The lowest BCUT2D eigenvalue weighted by atomic mass is 10.2. The normalized spacial score (nSPS) is 11.5. The van der Waals surface area contributed by atoms with Gasteiger partial charge in [-0.1, -0.05) is 0 Å². The molecule has 33 heavy (non-hydrogen) atoms. The first-order valence-corrected chi connectivity index (χ1v) is 10.2. The summed E-state index contributed by atoms with van der Waals surface area (Å²) in [7, 11) is 0. The second-order valence-electron chi connectivity index (χ2n) is 6.74. The van der Waals surface area contributed by atoms with Gasteiger partial charge >= 0.3 is 5.97 Å². The summed E-state index contributed by atoms with van der Waals surface area (Å²) in [5.74, 6) is -2.48. The number of fused-ring (bicyclic) bond motifs is 1. The number of aliphatic carboxylic acids is 1. The summed E-state index contributed by atoms with van der Waals surface area (Å²) in [4.78, 5) is 61.3. The third-order valence-electron chi connectivity index (χ3n) is 4.33. The molecule has 0 aliphatic rings. The zero-order valence-corrected chi connectivity index (χ0v) is 17.9. The molecule has 3 rings (SSSR count). The van der Waals surface area contributed by atoms with Crippen molar-refractivity contribution < 1.29 is 19.5 Å². The molecule has 1 aromatic carbocycles. The molecular formula is C19H20N8O5S. The number of thiol groups is 1. The van der Waals surface area contributed by atoms with Crippen molar-refractivity contribution in [3.8, 4) is 0 Å². The monoisotopic (exact) mass is 472 g/mol. The van der Waals surface area contributed by atoms with Gasteiger partial charge in [0.05, 0.1) is 25.0 Å². The van der Waals surface area contributed by atoms with E-state index in [0.717, 1.165) is 0 Å². The number of aromatic nitrogens is 4. The van der Waals surface area contributed by atoms with Gasteiger partial charge in [0, 0.05) is 17.0 Å². The molecule has 0 aliphatic heterocycles. The number of carbonyl (C=O) groups excluding carboxylic acids is 2. The number of hydrogen-bond acceptors (Lipinski definition) is 10. The van der Waals surface area contributed by atoms with E-state index in [9.17, 15) is 19.2 Å². The third kappa shape index (κ3) is 6.16. The molecule has 0 saturated heterocycles. The van der Waals surface area contributed by atoms with Gasteiger partial charge in [-0.25, -0.2) is 14.8 Å². The van der Waals surface area contributed by atoms with Gasteiger partial charge in [0.2, 0.25) is 11.9 Å². The molecule has 1 unspecified atom stereocenters. The zero-order valence-electron chi connectivity index (χ0n) is 17.0. The van der Waals surface area contributed by atoms with Crippen LogP contribution in [0.3, 0.4) is 0 Å². The average Bonchev–Trinajstić information content (AvgIpc) is 2.79. The Hall–Kier alpha value is -4.20. The molecule has 0 spiro atoms. The third-order valence-corrected chi connectivity index (χ3v) is 4.70. The van der Waals surface area contributed by atoms with Crippen LogP contribution in [0.2, 0.25) is 0 Å². The Balaban J connectivity index is 1.54. The number of amides is 2. The lowest BCUT2D eigenvalue weighted by molar-refractivity contribution is -0.140. The van der Waals surface area contributed by atoms with Crippen LogP contribution < -0.4 is 27.2 Å². The highest BCUT2D eigenvalue weighted by atomic mass is 32.1. The van der Waals surface area contributed by atoms with Gasteiger partial charge in [-0.15, -0.1) is 0 Å². The van der Waals surface area contributed by atoms with Crippen LogP contribution in [0.4, 0.5) is 11.6 Å². The van der Waals surface area contributed by atoms with Crippen molar-refractivity contribution in [2.75, 3.05) is 23.3 Å². The van der Waals surface area contributed by atoms with Crippen molar-refractivity contribution in [1.82, 2.24) is 30.6 Å². The molecule has 0 saturated carbocycles. The van der Waals surface area contributed by atoms with E-state index in [4.69, 9.17) is 10.8 Å². The Morgan fingerprint density at radius 1 is 1.18 bits per heavy atom. The quantitative estimate of drug-likeness (QED) is 0.192. The van der Waals surface area contributed by atoms with E-state index >= 15 is 0 Å². The van der Waals surface area contributed by atoms with Gasteiger partial charge in [0.15, 0.2) is 11.2 Å². The number of carbonyl (C=O) groups is 3. The Bertz CT molecular complexity index is 1250. The van der Waals surface area contributed by atoms with Gasteiger partial charge in [-0.2, -0.15) is 17.6 Å². The Morgan fingerprint density at radius 3 is 2.58 bits per heavy atom. The lowest BCUT2D eigenvalue weighted by Crippen LogP contribution is -2.46. The number of aromatic amines is 1. The average molecular weight is 472 g/mol. The number of nitrogens with one attached hydrogen (secondary N) is 4. The SMILES string of the molecule is Nc1nc2nc(CNc3ccc(C(=O)NCC(=O)NC(CS)C(=O)O)cc3)cnc2c(=O)[nH]1. The van der Waals surface area contributed by atoms with Crippen molar-refractivity contribution >= 4 is 53.2 Å². The molecule has 1 atom stereocenters. The van der Waals surface area contributed by atoms with Gasteiger partial charge in [0.1, 0.15) is 6.04 Å². The molecule has 0 radical (unpaired) electrons. The fourth-order valence-electron chi connectivity index (χ4n) is 2.68. The van der Waals surface area contributed by atoms with E-state index in [0.29, 0.717) is 16.9 Å². The maximum atomic E-state index is 12.2. The van der Waals surface area contributed by atoms with E-state index in [1.165, 1.54) is 6.20 Å². The number of hydrogen-bond donors (Lipinski definition) is 7. The highest BCUT2D eigenvalue weighted by molar-refractivity contribution is 7.80. The van der Waals surface area contributed by atoms with E-state index < -0.39 is 29.4 Å². The fraction of sp³-hybridized carbons (Fsp3) is 0.211. The molecule has 0 bridgehead atoms. The number of carboxylic acid groups (broad SMARTS) is 1. The number of benzene rings is 1. The van der Waals surface area contributed by atoms with Crippen LogP contribution in [0.15, 0.2) is 35.3 Å². The van der Waals surface area contributed by atoms with E-state index in [2.05, 4.69) is 48.5 Å². The molecule has 0 aliphatic carbocycles. The number of nitrogen functional groups attached to an aromatic ring is 1. The summed E-state index contributed by atoms with van der Waals surface area (Å²) < 4.78 is 0. The van der Waals surface area contributed by atoms with Crippen molar-refractivity contribution in [3.05, 3.63) is 52.1 Å². The summed E-state index contributed by atoms with van der Waals surface area (Å²) in [5.41, 5.74) is 6.78. The molecule has 172 valence electrons. The highest BCUT2D eigenvalue weighted by Crippen LogP contribution is 2.11. The van der Waals surface area contributed by atoms with Crippen LogP contribution in [0.1, 0.15) is 16.1 Å². The van der Waals surface area contributed by atoms with E-state index in [1.807, 2.05) is 0 Å². The Morgan fingerprint density at radius 2 is 1.91 bits per heavy atom. The number of H-pyrrole nitrogens is 1. The molecule has 2 amide bonds. The minimum atomic E-state index is -1.21. The minimum absolute atomic E-state index is 0.0540. The van der Waals surface area contributed by atoms with Crippen LogP contribution >= 0.6 is 12.6 Å².